The number of carbonyl (C=O) groups excluding carboxylic acids is 2. The highest BCUT2D eigenvalue weighted by Crippen LogP contribution is 2.34. The number of hydrogen-bond donors (Lipinski definition) is 1. The van der Waals surface area contributed by atoms with Crippen LogP contribution in [0.3, 0.4) is 0 Å². The van der Waals surface area contributed by atoms with E-state index in [1.165, 1.54) is 12.8 Å². The molecule has 0 radical (unpaired) electrons. The highest BCUT2D eigenvalue weighted by atomic mass is 16.2. The third-order valence-electron chi connectivity index (χ3n) is 5.35. The molecule has 4 heteroatoms. The zero-order valence-corrected chi connectivity index (χ0v) is 14.1. The van der Waals surface area contributed by atoms with Gasteiger partial charge in [-0.15, -0.1) is 0 Å². The molecule has 1 aliphatic heterocycles. The summed E-state index contributed by atoms with van der Waals surface area (Å²) in [6, 6.07) is -0.115. The Bertz CT molecular complexity index is 414. The first kappa shape index (κ1) is 16.3. The van der Waals surface area contributed by atoms with Crippen LogP contribution in [0.1, 0.15) is 60.3 Å². The van der Waals surface area contributed by atoms with Gasteiger partial charge in [0.1, 0.15) is 6.04 Å². The molecule has 4 nitrogen and oxygen atoms in total. The first-order chi connectivity index (χ1) is 9.71. The Morgan fingerprint density at radius 1 is 1.14 bits per heavy atom. The number of rotatable bonds is 1. The monoisotopic (exact) mass is 294 g/mol. The van der Waals surface area contributed by atoms with E-state index in [2.05, 4.69) is 19.2 Å². The number of nitrogens with zero attached hydrogens (tertiary/aromatic N) is 1. The van der Waals surface area contributed by atoms with Crippen LogP contribution in [0.25, 0.3) is 0 Å². The fourth-order valence-corrected chi connectivity index (χ4v) is 3.70. The molecule has 0 aromatic heterocycles. The minimum atomic E-state index is -0.406. The second kappa shape index (κ2) is 5.98. The summed E-state index contributed by atoms with van der Waals surface area (Å²) in [5, 5.41) is 2.93. The Balaban J connectivity index is 2.25. The lowest BCUT2D eigenvalue weighted by molar-refractivity contribution is -0.140. The van der Waals surface area contributed by atoms with Crippen molar-refractivity contribution in [1.82, 2.24) is 10.2 Å². The van der Waals surface area contributed by atoms with E-state index < -0.39 is 6.04 Å². The number of carbonyl (C=O) groups is 2. The smallest absolute Gasteiger partial charge is 0.245 e. The minimum absolute atomic E-state index is 0.00212. The molecule has 2 rings (SSSR count). The van der Waals surface area contributed by atoms with E-state index in [9.17, 15) is 9.59 Å². The first-order valence-corrected chi connectivity index (χ1v) is 8.31. The summed E-state index contributed by atoms with van der Waals surface area (Å²) in [5.74, 6) is 1.27. The molecule has 1 saturated carbocycles. The van der Waals surface area contributed by atoms with E-state index in [1.54, 1.807) is 0 Å². The van der Waals surface area contributed by atoms with Gasteiger partial charge in [0.05, 0.1) is 0 Å². The molecule has 0 spiro atoms. The minimum Gasteiger partial charge on any atom is -0.344 e. The molecule has 4 atom stereocenters. The molecule has 2 amide bonds. The molecule has 2 aliphatic rings. The summed E-state index contributed by atoms with van der Waals surface area (Å²) in [6.45, 7) is 11.2. The summed E-state index contributed by atoms with van der Waals surface area (Å²) in [6.07, 6.45) is 3.93. The molecule has 2 fully saturated rings. The first-order valence-electron chi connectivity index (χ1n) is 8.31. The van der Waals surface area contributed by atoms with Crippen LogP contribution in [-0.4, -0.2) is 35.3 Å². The van der Waals surface area contributed by atoms with E-state index >= 15 is 0 Å². The number of amides is 2. The van der Waals surface area contributed by atoms with Crippen LogP contribution in [0.4, 0.5) is 0 Å². The average Bonchev–Trinajstić information content (AvgIpc) is 2.53. The Hall–Kier alpha value is -1.06. The SMILES string of the molecule is CC1CCCC(N2CCC(=O)NC(C(C)(C)C)C2=O)C1C. The van der Waals surface area contributed by atoms with Gasteiger partial charge in [-0.3, -0.25) is 9.59 Å². The second-order valence-corrected chi connectivity index (χ2v) is 7.98. The van der Waals surface area contributed by atoms with Crippen molar-refractivity contribution in [3.8, 4) is 0 Å². The molecule has 4 unspecified atom stereocenters. The van der Waals surface area contributed by atoms with Gasteiger partial charge >= 0.3 is 0 Å². The predicted octanol–water partition coefficient (Wildman–Crippen LogP) is 2.57. The number of hydrogen-bond acceptors (Lipinski definition) is 2. The maximum atomic E-state index is 13.0. The van der Waals surface area contributed by atoms with Crippen LogP contribution < -0.4 is 5.32 Å². The van der Waals surface area contributed by atoms with Crippen LogP contribution in [0, 0.1) is 17.3 Å². The largest absolute Gasteiger partial charge is 0.344 e. The maximum Gasteiger partial charge on any atom is 0.245 e. The van der Waals surface area contributed by atoms with Gasteiger partial charge in [-0.25, -0.2) is 0 Å². The molecule has 1 aliphatic carbocycles. The quantitative estimate of drug-likeness (QED) is 0.808. The molecule has 0 aromatic rings. The molecule has 1 heterocycles. The lowest BCUT2D eigenvalue weighted by Crippen LogP contribution is -2.56. The van der Waals surface area contributed by atoms with Gasteiger partial charge in [-0.05, 0) is 23.7 Å². The average molecular weight is 294 g/mol. The van der Waals surface area contributed by atoms with Gasteiger partial charge in [0.25, 0.3) is 0 Å². The third-order valence-corrected chi connectivity index (χ3v) is 5.35. The Labute approximate surface area is 128 Å². The van der Waals surface area contributed by atoms with Crippen molar-refractivity contribution in [3.63, 3.8) is 0 Å². The normalized spacial score (nSPS) is 35.4. The molecular formula is C17H30N2O2. The van der Waals surface area contributed by atoms with E-state index in [0.717, 1.165) is 6.42 Å². The third kappa shape index (κ3) is 3.41. The van der Waals surface area contributed by atoms with Crippen LogP contribution in [0.15, 0.2) is 0 Å². The topological polar surface area (TPSA) is 49.4 Å². The standard InChI is InChI=1S/C17H30N2O2/c1-11-7-6-8-13(12(11)2)19-10-9-14(20)18-15(16(19)21)17(3,4)5/h11-13,15H,6-10H2,1-5H3,(H,18,20). The lowest BCUT2D eigenvalue weighted by atomic mass is 9.76. The van der Waals surface area contributed by atoms with E-state index in [4.69, 9.17) is 0 Å². The predicted molar refractivity (Wildman–Crippen MR) is 83.7 cm³/mol. The molecule has 0 bridgehead atoms. The van der Waals surface area contributed by atoms with Gasteiger partial charge in [-0.1, -0.05) is 47.5 Å². The fourth-order valence-electron chi connectivity index (χ4n) is 3.70. The highest BCUT2D eigenvalue weighted by Gasteiger charge is 2.42. The molecule has 1 N–H and O–H groups in total. The van der Waals surface area contributed by atoms with Crippen molar-refractivity contribution in [2.75, 3.05) is 6.54 Å². The van der Waals surface area contributed by atoms with Crippen LogP contribution in [0.2, 0.25) is 0 Å². The fraction of sp³-hybridized carbons (Fsp3) is 0.882. The van der Waals surface area contributed by atoms with Crippen molar-refractivity contribution in [3.05, 3.63) is 0 Å². The van der Waals surface area contributed by atoms with Crippen molar-refractivity contribution >= 4 is 11.8 Å². The summed E-state index contributed by atoms with van der Waals surface area (Å²) in [7, 11) is 0. The van der Waals surface area contributed by atoms with Gasteiger partial charge in [0.15, 0.2) is 0 Å². The molecular weight excluding hydrogens is 264 g/mol. The van der Waals surface area contributed by atoms with Crippen molar-refractivity contribution in [2.24, 2.45) is 17.3 Å². The van der Waals surface area contributed by atoms with E-state index in [0.29, 0.717) is 30.8 Å². The van der Waals surface area contributed by atoms with Gasteiger partial charge < -0.3 is 10.2 Å². The van der Waals surface area contributed by atoms with Gasteiger partial charge in [0.2, 0.25) is 11.8 Å². The number of nitrogens with one attached hydrogen (secondary N) is 1. The van der Waals surface area contributed by atoms with E-state index in [-0.39, 0.29) is 17.2 Å². The van der Waals surface area contributed by atoms with Crippen molar-refractivity contribution in [2.45, 2.75) is 72.4 Å². The summed E-state index contributed by atoms with van der Waals surface area (Å²) in [5.41, 5.74) is -0.251. The molecule has 1 saturated heterocycles. The second-order valence-electron chi connectivity index (χ2n) is 7.98. The van der Waals surface area contributed by atoms with Crippen LogP contribution in [0.5, 0.6) is 0 Å². The van der Waals surface area contributed by atoms with E-state index in [1.807, 2.05) is 25.7 Å². The van der Waals surface area contributed by atoms with Crippen LogP contribution in [-0.2, 0) is 9.59 Å². The Morgan fingerprint density at radius 3 is 2.43 bits per heavy atom. The molecule has 0 aromatic carbocycles. The van der Waals surface area contributed by atoms with Crippen molar-refractivity contribution < 1.29 is 9.59 Å². The zero-order valence-electron chi connectivity index (χ0n) is 14.1. The van der Waals surface area contributed by atoms with Gasteiger partial charge in [-0.2, -0.15) is 0 Å². The van der Waals surface area contributed by atoms with Crippen molar-refractivity contribution in [1.29, 1.82) is 0 Å². The summed E-state index contributed by atoms with van der Waals surface area (Å²) >= 11 is 0. The Morgan fingerprint density at radius 2 is 1.81 bits per heavy atom. The highest BCUT2D eigenvalue weighted by molar-refractivity contribution is 5.90. The summed E-state index contributed by atoms with van der Waals surface area (Å²) in [4.78, 5) is 27.0. The molecule has 120 valence electrons. The lowest BCUT2D eigenvalue weighted by Gasteiger charge is -2.43. The summed E-state index contributed by atoms with van der Waals surface area (Å²) < 4.78 is 0. The maximum absolute atomic E-state index is 13.0. The Kier molecular flexibility index (Phi) is 4.64. The van der Waals surface area contributed by atoms with Crippen LogP contribution >= 0.6 is 0 Å². The van der Waals surface area contributed by atoms with Gasteiger partial charge in [0, 0.05) is 19.0 Å². The zero-order chi connectivity index (χ0) is 15.8. The molecule has 21 heavy (non-hydrogen) atoms.